The van der Waals surface area contributed by atoms with Crippen molar-refractivity contribution in [2.45, 2.75) is 0 Å². The zero-order valence-corrected chi connectivity index (χ0v) is 15.2. The number of nitrogens with one attached hydrogen (secondary N) is 1. The molecule has 11 heteroatoms. The first-order valence-corrected chi connectivity index (χ1v) is 8.61. The van der Waals surface area contributed by atoms with E-state index in [0.717, 1.165) is 12.1 Å². The van der Waals surface area contributed by atoms with Crippen LogP contribution in [0.5, 0.6) is 0 Å². The van der Waals surface area contributed by atoms with E-state index < -0.39 is 15.8 Å². The van der Waals surface area contributed by atoms with E-state index in [2.05, 4.69) is 5.32 Å². The van der Waals surface area contributed by atoms with Gasteiger partial charge in [-0.15, -0.1) is 0 Å². The number of hydrogen-bond donors (Lipinski definition) is 1. The van der Waals surface area contributed by atoms with Crippen LogP contribution in [0, 0.1) is 20.2 Å². The maximum absolute atomic E-state index is 12.5. The topological polar surface area (TPSA) is 128 Å². The molecule has 1 amide bonds. The molecule has 0 radical (unpaired) electrons. The zero-order valence-electron chi connectivity index (χ0n) is 14.5. The molecule has 1 N–H and O–H groups in total. The summed E-state index contributed by atoms with van der Waals surface area (Å²) in [5.74, 6) is -0.706. The molecule has 1 saturated heterocycles. The second-order valence-corrected chi connectivity index (χ2v) is 6.37. The SMILES string of the molecule is O=C(Nc1ccc(Cl)cc1[N+](=O)[O-])c1ccc(N2CCOCC2)c([N+](=O)[O-])c1. The number of amides is 1. The van der Waals surface area contributed by atoms with Crippen LogP contribution in [-0.4, -0.2) is 42.1 Å². The molecule has 10 nitrogen and oxygen atoms in total. The molecule has 28 heavy (non-hydrogen) atoms. The van der Waals surface area contributed by atoms with E-state index in [4.69, 9.17) is 16.3 Å². The van der Waals surface area contributed by atoms with Gasteiger partial charge in [-0.05, 0) is 24.3 Å². The molecule has 0 bridgehead atoms. The van der Waals surface area contributed by atoms with Crippen LogP contribution >= 0.6 is 11.6 Å². The van der Waals surface area contributed by atoms with Crippen LogP contribution in [0.4, 0.5) is 22.7 Å². The summed E-state index contributed by atoms with van der Waals surface area (Å²) in [5.41, 5.74) is -0.255. The van der Waals surface area contributed by atoms with Gasteiger partial charge in [0.2, 0.25) is 0 Å². The summed E-state index contributed by atoms with van der Waals surface area (Å²) in [6, 6.07) is 7.90. The van der Waals surface area contributed by atoms with Gasteiger partial charge in [0.1, 0.15) is 11.4 Å². The smallest absolute Gasteiger partial charge is 0.294 e. The fourth-order valence-corrected chi connectivity index (χ4v) is 3.00. The summed E-state index contributed by atoms with van der Waals surface area (Å²) >= 11 is 5.76. The van der Waals surface area contributed by atoms with Gasteiger partial charge < -0.3 is 15.0 Å². The van der Waals surface area contributed by atoms with Crippen LogP contribution in [0.25, 0.3) is 0 Å². The second-order valence-electron chi connectivity index (χ2n) is 5.93. The molecule has 0 aromatic heterocycles. The van der Waals surface area contributed by atoms with Crippen LogP contribution in [0.2, 0.25) is 5.02 Å². The number of carbonyl (C=O) groups is 1. The number of ether oxygens (including phenoxy) is 1. The molecule has 0 spiro atoms. The maximum atomic E-state index is 12.5. The van der Waals surface area contributed by atoms with E-state index in [1.807, 2.05) is 4.90 Å². The largest absolute Gasteiger partial charge is 0.378 e. The van der Waals surface area contributed by atoms with Crippen molar-refractivity contribution in [1.29, 1.82) is 0 Å². The lowest BCUT2D eigenvalue weighted by molar-refractivity contribution is -0.384. The molecule has 3 rings (SSSR count). The minimum absolute atomic E-state index is 0.00737. The Morgan fingerprint density at radius 3 is 2.36 bits per heavy atom. The Bertz CT molecular complexity index is 945. The van der Waals surface area contributed by atoms with Gasteiger partial charge in [-0.2, -0.15) is 0 Å². The predicted octanol–water partition coefficient (Wildman–Crippen LogP) is 3.25. The van der Waals surface area contributed by atoms with Crippen LogP contribution in [-0.2, 0) is 4.74 Å². The lowest BCUT2D eigenvalue weighted by atomic mass is 10.1. The normalized spacial score (nSPS) is 13.8. The first-order chi connectivity index (χ1) is 13.4. The van der Waals surface area contributed by atoms with Crippen molar-refractivity contribution >= 4 is 40.3 Å². The lowest BCUT2D eigenvalue weighted by Crippen LogP contribution is -2.36. The van der Waals surface area contributed by atoms with Gasteiger partial charge in [-0.25, -0.2) is 0 Å². The number of nitrogens with zero attached hydrogens (tertiary/aromatic N) is 3. The molecule has 2 aromatic carbocycles. The molecule has 0 unspecified atom stereocenters. The number of benzene rings is 2. The Balaban J connectivity index is 1.89. The van der Waals surface area contributed by atoms with Gasteiger partial charge in [-0.1, -0.05) is 11.6 Å². The highest BCUT2D eigenvalue weighted by molar-refractivity contribution is 6.31. The summed E-state index contributed by atoms with van der Waals surface area (Å²) in [7, 11) is 0. The Morgan fingerprint density at radius 2 is 1.71 bits per heavy atom. The number of anilines is 2. The van der Waals surface area contributed by atoms with Gasteiger partial charge in [0.25, 0.3) is 17.3 Å². The fourth-order valence-electron chi connectivity index (χ4n) is 2.84. The quantitative estimate of drug-likeness (QED) is 0.596. The minimum Gasteiger partial charge on any atom is -0.378 e. The Morgan fingerprint density at radius 1 is 1.04 bits per heavy atom. The standard InChI is InChI=1S/C17H15ClN4O6/c18-12-2-3-13(15(10-12)21(24)25)19-17(23)11-1-4-14(16(9-11)22(26)27)20-5-7-28-8-6-20/h1-4,9-10H,5-8H2,(H,19,23). The van der Waals surface area contributed by atoms with Crippen molar-refractivity contribution in [3.05, 3.63) is 67.2 Å². The monoisotopic (exact) mass is 406 g/mol. The molecule has 1 fully saturated rings. The first kappa shape index (κ1) is 19.5. The average molecular weight is 407 g/mol. The van der Waals surface area contributed by atoms with Crippen molar-refractivity contribution in [2.24, 2.45) is 0 Å². The Labute approximate surface area is 164 Å². The number of morpholine rings is 1. The average Bonchev–Trinajstić information content (AvgIpc) is 2.69. The van der Waals surface area contributed by atoms with E-state index in [9.17, 15) is 25.0 Å². The molecule has 2 aromatic rings. The third-order valence-electron chi connectivity index (χ3n) is 4.19. The van der Waals surface area contributed by atoms with Crippen LogP contribution in [0.15, 0.2) is 36.4 Å². The number of halogens is 1. The van der Waals surface area contributed by atoms with Crippen molar-refractivity contribution in [3.8, 4) is 0 Å². The molecular formula is C17H15ClN4O6. The van der Waals surface area contributed by atoms with Crippen LogP contribution in [0.3, 0.4) is 0 Å². The summed E-state index contributed by atoms with van der Waals surface area (Å²) in [5, 5.41) is 25.2. The van der Waals surface area contributed by atoms with Crippen molar-refractivity contribution in [2.75, 3.05) is 36.5 Å². The molecule has 0 saturated carbocycles. The third kappa shape index (κ3) is 4.18. The molecule has 146 valence electrons. The molecule has 0 aliphatic carbocycles. The van der Waals surface area contributed by atoms with Gasteiger partial charge in [-0.3, -0.25) is 25.0 Å². The van der Waals surface area contributed by atoms with Crippen LogP contribution in [0.1, 0.15) is 10.4 Å². The highest BCUT2D eigenvalue weighted by Gasteiger charge is 2.24. The summed E-state index contributed by atoms with van der Waals surface area (Å²) in [6.07, 6.45) is 0. The summed E-state index contributed by atoms with van der Waals surface area (Å²) in [4.78, 5) is 35.7. The molecule has 1 aliphatic rings. The Kier molecular flexibility index (Phi) is 5.71. The Hall–Kier alpha value is -3.24. The molecule has 1 heterocycles. The predicted molar refractivity (Wildman–Crippen MR) is 102 cm³/mol. The highest BCUT2D eigenvalue weighted by atomic mass is 35.5. The number of carbonyl (C=O) groups excluding carboxylic acids is 1. The first-order valence-electron chi connectivity index (χ1n) is 8.23. The molecular weight excluding hydrogens is 392 g/mol. The molecule has 0 atom stereocenters. The summed E-state index contributed by atoms with van der Waals surface area (Å²) in [6.45, 7) is 1.92. The molecule has 1 aliphatic heterocycles. The van der Waals surface area contributed by atoms with Crippen LogP contribution < -0.4 is 10.2 Å². The summed E-state index contributed by atoms with van der Waals surface area (Å²) < 4.78 is 5.25. The van der Waals surface area contributed by atoms with Gasteiger partial charge >= 0.3 is 0 Å². The number of nitro groups is 2. The van der Waals surface area contributed by atoms with Crippen molar-refractivity contribution in [1.82, 2.24) is 0 Å². The van der Waals surface area contributed by atoms with Crippen molar-refractivity contribution < 1.29 is 19.4 Å². The zero-order chi connectivity index (χ0) is 20.3. The lowest BCUT2D eigenvalue weighted by Gasteiger charge is -2.28. The maximum Gasteiger partial charge on any atom is 0.294 e. The van der Waals surface area contributed by atoms with E-state index in [1.165, 1.54) is 24.3 Å². The van der Waals surface area contributed by atoms with E-state index in [1.54, 1.807) is 0 Å². The van der Waals surface area contributed by atoms with E-state index >= 15 is 0 Å². The minimum atomic E-state index is -0.706. The van der Waals surface area contributed by atoms with Crippen molar-refractivity contribution in [3.63, 3.8) is 0 Å². The van der Waals surface area contributed by atoms with Gasteiger partial charge in [0, 0.05) is 35.8 Å². The fraction of sp³-hybridized carbons (Fsp3) is 0.235. The number of hydrogen-bond acceptors (Lipinski definition) is 7. The second kappa shape index (κ2) is 8.19. The van der Waals surface area contributed by atoms with Gasteiger partial charge in [0.15, 0.2) is 0 Å². The third-order valence-corrected chi connectivity index (χ3v) is 4.43. The van der Waals surface area contributed by atoms with Gasteiger partial charge in [0.05, 0.1) is 23.1 Å². The van der Waals surface area contributed by atoms with E-state index in [0.29, 0.717) is 32.0 Å². The number of rotatable bonds is 5. The number of nitro benzene ring substituents is 2. The van der Waals surface area contributed by atoms with E-state index in [-0.39, 0.29) is 27.6 Å². The highest BCUT2D eigenvalue weighted by Crippen LogP contribution is 2.31.